The fraction of sp³-hybridized carbons (Fsp3) is 0.0833. The van der Waals surface area contributed by atoms with Gasteiger partial charge in [0.2, 0.25) is 0 Å². The summed E-state index contributed by atoms with van der Waals surface area (Å²) in [6.45, 7) is 0. The van der Waals surface area contributed by atoms with E-state index in [1.54, 1.807) is 17.7 Å². The third-order valence-electron chi connectivity index (χ3n) is 2.21. The van der Waals surface area contributed by atoms with Gasteiger partial charge in [-0.2, -0.15) is 5.26 Å². The lowest BCUT2D eigenvalue weighted by Crippen LogP contribution is -1.98. The minimum Gasteiger partial charge on any atom is -0.495 e. The molecule has 0 unspecified atom stereocenters. The fourth-order valence-corrected chi connectivity index (χ4v) is 1.51. The molecule has 0 aliphatic rings. The molecule has 1 aromatic heterocycles. The Morgan fingerprint density at radius 3 is 2.73 bits per heavy atom. The summed E-state index contributed by atoms with van der Waals surface area (Å²) in [5.74, 6) is 0.755. The van der Waals surface area contributed by atoms with E-state index in [0.717, 1.165) is 11.4 Å². The molecule has 1 heterocycles. The van der Waals surface area contributed by atoms with Gasteiger partial charge >= 0.3 is 0 Å². The molecule has 74 valence electrons. The lowest BCUT2D eigenvalue weighted by Gasteiger charge is -2.09. The van der Waals surface area contributed by atoms with Crippen LogP contribution >= 0.6 is 0 Å². The molecule has 2 rings (SSSR count). The van der Waals surface area contributed by atoms with Crippen LogP contribution in [0, 0.1) is 11.3 Å². The summed E-state index contributed by atoms with van der Waals surface area (Å²) < 4.78 is 7.04. The molecule has 3 heteroatoms. The molecule has 0 N–H and O–H groups in total. The highest BCUT2D eigenvalue weighted by Crippen LogP contribution is 2.23. The summed E-state index contributed by atoms with van der Waals surface area (Å²) in [7, 11) is 1.62. The maximum atomic E-state index is 8.92. The summed E-state index contributed by atoms with van der Waals surface area (Å²) in [5, 5.41) is 8.92. The van der Waals surface area contributed by atoms with E-state index in [1.807, 2.05) is 36.5 Å². The zero-order chi connectivity index (χ0) is 10.7. The van der Waals surface area contributed by atoms with Crippen molar-refractivity contribution in [1.29, 1.82) is 5.26 Å². The Balaban J connectivity index is 2.59. The van der Waals surface area contributed by atoms with Crippen molar-refractivity contribution < 1.29 is 4.74 Å². The van der Waals surface area contributed by atoms with Gasteiger partial charge in [-0.25, -0.2) is 0 Å². The lowest BCUT2D eigenvalue weighted by atomic mass is 10.3. The van der Waals surface area contributed by atoms with Crippen molar-refractivity contribution in [3.05, 3.63) is 48.3 Å². The van der Waals surface area contributed by atoms with Crippen molar-refractivity contribution in [1.82, 2.24) is 4.57 Å². The number of ether oxygens (including phenoxy) is 1. The SMILES string of the molecule is COc1ccccc1-n1cccc1C#N. The number of methoxy groups -OCH3 is 1. The van der Waals surface area contributed by atoms with Crippen LogP contribution in [0.2, 0.25) is 0 Å². The van der Waals surface area contributed by atoms with E-state index < -0.39 is 0 Å². The van der Waals surface area contributed by atoms with Gasteiger partial charge in [0.1, 0.15) is 17.5 Å². The molecular weight excluding hydrogens is 188 g/mol. The molecule has 2 aromatic rings. The minimum absolute atomic E-state index is 0.597. The molecule has 0 saturated heterocycles. The molecule has 0 atom stereocenters. The number of rotatable bonds is 2. The van der Waals surface area contributed by atoms with Crippen molar-refractivity contribution in [2.45, 2.75) is 0 Å². The van der Waals surface area contributed by atoms with Crippen molar-refractivity contribution in [2.75, 3.05) is 7.11 Å². The Bertz CT molecular complexity index is 508. The normalized spacial score (nSPS) is 9.60. The second-order valence-electron chi connectivity index (χ2n) is 3.05. The van der Waals surface area contributed by atoms with Gasteiger partial charge < -0.3 is 9.30 Å². The summed E-state index contributed by atoms with van der Waals surface area (Å²) >= 11 is 0. The molecule has 0 aliphatic carbocycles. The van der Waals surface area contributed by atoms with E-state index in [-0.39, 0.29) is 0 Å². The summed E-state index contributed by atoms with van der Waals surface area (Å²) in [5.41, 5.74) is 1.47. The fourth-order valence-electron chi connectivity index (χ4n) is 1.51. The largest absolute Gasteiger partial charge is 0.495 e. The lowest BCUT2D eigenvalue weighted by molar-refractivity contribution is 0.413. The summed E-state index contributed by atoms with van der Waals surface area (Å²) in [6.07, 6.45) is 1.84. The van der Waals surface area contributed by atoms with Crippen LogP contribution in [0.15, 0.2) is 42.6 Å². The highest BCUT2D eigenvalue weighted by atomic mass is 16.5. The van der Waals surface area contributed by atoms with E-state index in [9.17, 15) is 0 Å². The Kier molecular flexibility index (Phi) is 2.42. The van der Waals surface area contributed by atoms with Crippen LogP contribution in [0.25, 0.3) is 5.69 Å². The van der Waals surface area contributed by atoms with Gasteiger partial charge in [0.15, 0.2) is 0 Å². The van der Waals surface area contributed by atoms with Crippen LogP contribution in [0.1, 0.15) is 5.69 Å². The molecule has 15 heavy (non-hydrogen) atoms. The average Bonchev–Trinajstić information content (AvgIpc) is 2.76. The number of hydrogen-bond acceptors (Lipinski definition) is 2. The summed E-state index contributed by atoms with van der Waals surface area (Å²) in [4.78, 5) is 0. The zero-order valence-corrected chi connectivity index (χ0v) is 8.34. The first-order chi connectivity index (χ1) is 7.36. The first kappa shape index (κ1) is 9.35. The second kappa shape index (κ2) is 3.89. The quantitative estimate of drug-likeness (QED) is 0.742. The number of aromatic nitrogens is 1. The minimum atomic E-state index is 0.597. The Labute approximate surface area is 88.1 Å². The van der Waals surface area contributed by atoms with E-state index in [0.29, 0.717) is 5.69 Å². The molecule has 0 aliphatic heterocycles. The van der Waals surface area contributed by atoms with Crippen molar-refractivity contribution in [3.8, 4) is 17.5 Å². The molecular formula is C12H10N2O. The van der Waals surface area contributed by atoms with Gasteiger partial charge in [0.25, 0.3) is 0 Å². The monoisotopic (exact) mass is 198 g/mol. The standard InChI is InChI=1S/C12H10N2O/c1-15-12-7-3-2-6-11(12)14-8-4-5-10(14)9-13/h2-8H,1H3. The van der Waals surface area contributed by atoms with Gasteiger partial charge in [-0.15, -0.1) is 0 Å². The molecule has 0 radical (unpaired) electrons. The van der Waals surface area contributed by atoms with Crippen LogP contribution < -0.4 is 4.74 Å². The van der Waals surface area contributed by atoms with E-state index >= 15 is 0 Å². The maximum Gasteiger partial charge on any atom is 0.142 e. The average molecular weight is 198 g/mol. The van der Waals surface area contributed by atoms with Crippen LogP contribution in [0.5, 0.6) is 5.75 Å². The van der Waals surface area contributed by atoms with Crippen LogP contribution in [-0.4, -0.2) is 11.7 Å². The van der Waals surface area contributed by atoms with Crippen LogP contribution in [0.3, 0.4) is 0 Å². The van der Waals surface area contributed by atoms with Crippen molar-refractivity contribution in [2.24, 2.45) is 0 Å². The third kappa shape index (κ3) is 1.57. The second-order valence-corrected chi connectivity index (χ2v) is 3.05. The van der Waals surface area contributed by atoms with Crippen molar-refractivity contribution >= 4 is 0 Å². The van der Waals surface area contributed by atoms with E-state index in [2.05, 4.69) is 6.07 Å². The Morgan fingerprint density at radius 2 is 2.00 bits per heavy atom. The topological polar surface area (TPSA) is 38.0 Å². The van der Waals surface area contributed by atoms with Gasteiger partial charge in [-0.3, -0.25) is 0 Å². The molecule has 1 aromatic carbocycles. The van der Waals surface area contributed by atoms with E-state index in [1.165, 1.54) is 0 Å². The molecule has 3 nitrogen and oxygen atoms in total. The number of nitrogens with zero attached hydrogens (tertiary/aromatic N) is 2. The third-order valence-corrected chi connectivity index (χ3v) is 2.21. The predicted octanol–water partition coefficient (Wildman–Crippen LogP) is 2.36. The Morgan fingerprint density at radius 1 is 1.20 bits per heavy atom. The maximum absolute atomic E-state index is 8.92. The summed E-state index contributed by atoms with van der Waals surface area (Å²) in [6, 6.07) is 13.3. The van der Waals surface area contributed by atoms with Gasteiger partial charge in [-0.1, -0.05) is 12.1 Å². The molecule has 0 saturated carbocycles. The Hall–Kier alpha value is -2.21. The highest BCUT2D eigenvalue weighted by molar-refractivity contribution is 5.49. The van der Waals surface area contributed by atoms with Crippen LogP contribution in [-0.2, 0) is 0 Å². The van der Waals surface area contributed by atoms with Crippen LogP contribution in [0.4, 0.5) is 0 Å². The number of nitriles is 1. The zero-order valence-electron chi connectivity index (χ0n) is 8.34. The smallest absolute Gasteiger partial charge is 0.142 e. The molecule has 0 bridgehead atoms. The number of hydrogen-bond donors (Lipinski definition) is 0. The first-order valence-corrected chi connectivity index (χ1v) is 4.57. The molecule has 0 fully saturated rings. The van der Waals surface area contributed by atoms with Gasteiger partial charge in [-0.05, 0) is 24.3 Å². The van der Waals surface area contributed by atoms with Gasteiger partial charge in [0, 0.05) is 6.20 Å². The van der Waals surface area contributed by atoms with Crippen molar-refractivity contribution in [3.63, 3.8) is 0 Å². The van der Waals surface area contributed by atoms with E-state index in [4.69, 9.17) is 10.00 Å². The first-order valence-electron chi connectivity index (χ1n) is 4.57. The molecule has 0 spiro atoms. The molecule has 0 amide bonds. The van der Waals surface area contributed by atoms with Gasteiger partial charge in [0.05, 0.1) is 12.8 Å². The highest BCUT2D eigenvalue weighted by Gasteiger charge is 2.06. The number of para-hydroxylation sites is 2. The number of benzene rings is 1. The predicted molar refractivity (Wildman–Crippen MR) is 57.0 cm³/mol.